The van der Waals surface area contributed by atoms with Crippen LogP contribution in [0.4, 0.5) is 5.82 Å². The minimum absolute atomic E-state index is 0.589. The summed E-state index contributed by atoms with van der Waals surface area (Å²) in [4.78, 5) is 10.5. The van der Waals surface area contributed by atoms with Gasteiger partial charge in [0.25, 0.3) is 0 Å². The van der Waals surface area contributed by atoms with Gasteiger partial charge in [-0.3, -0.25) is 0 Å². The lowest BCUT2D eigenvalue weighted by atomic mass is 10.3. The second kappa shape index (κ2) is 6.53. The van der Waals surface area contributed by atoms with Crippen molar-refractivity contribution < 1.29 is 4.74 Å². The van der Waals surface area contributed by atoms with Crippen LogP contribution >= 0.6 is 11.6 Å². The zero-order valence-corrected chi connectivity index (χ0v) is 10.8. The summed E-state index contributed by atoms with van der Waals surface area (Å²) in [5.41, 5.74) is 0.962. The molecule has 1 aromatic heterocycles. The van der Waals surface area contributed by atoms with Gasteiger partial charge in [0, 0.05) is 19.0 Å². The van der Waals surface area contributed by atoms with Crippen LogP contribution in [0.1, 0.15) is 18.9 Å². The van der Waals surface area contributed by atoms with Gasteiger partial charge in [0.1, 0.15) is 12.1 Å². The second-order valence-corrected chi connectivity index (χ2v) is 3.89. The molecule has 1 rings (SSSR count). The molecule has 0 saturated heterocycles. The molecule has 5 heteroatoms. The third kappa shape index (κ3) is 2.98. The number of hydrogen-bond acceptors (Lipinski definition) is 4. The quantitative estimate of drug-likeness (QED) is 0.719. The number of nitrogens with zero attached hydrogens (tertiary/aromatic N) is 3. The van der Waals surface area contributed by atoms with Crippen LogP contribution in [-0.2, 0) is 0 Å². The van der Waals surface area contributed by atoms with Gasteiger partial charge >= 0.3 is 0 Å². The van der Waals surface area contributed by atoms with Gasteiger partial charge in [-0.25, -0.2) is 9.97 Å². The maximum Gasteiger partial charge on any atom is 0.221 e. The van der Waals surface area contributed by atoms with Gasteiger partial charge in [-0.05, 0) is 13.3 Å². The van der Waals surface area contributed by atoms with Crippen LogP contribution in [-0.4, -0.2) is 36.0 Å². The number of methoxy groups -OCH3 is 1. The average Bonchev–Trinajstić information content (AvgIpc) is 2.29. The molecule has 90 valence electrons. The maximum absolute atomic E-state index is 5.79. The van der Waals surface area contributed by atoms with E-state index in [0.29, 0.717) is 11.8 Å². The van der Waals surface area contributed by atoms with Crippen LogP contribution in [0.15, 0.2) is 6.33 Å². The largest absolute Gasteiger partial charge is 0.481 e. The topological polar surface area (TPSA) is 38.2 Å². The Balaban J connectivity index is 2.98. The van der Waals surface area contributed by atoms with Crippen LogP contribution < -0.4 is 9.64 Å². The van der Waals surface area contributed by atoms with Crippen molar-refractivity contribution in [2.24, 2.45) is 0 Å². The molecule has 4 nitrogen and oxygen atoms in total. The van der Waals surface area contributed by atoms with Crippen LogP contribution in [0.2, 0.25) is 0 Å². The first-order chi connectivity index (χ1) is 7.74. The van der Waals surface area contributed by atoms with Crippen molar-refractivity contribution in [3.8, 4) is 5.88 Å². The van der Waals surface area contributed by atoms with Crippen molar-refractivity contribution in [3.63, 3.8) is 0 Å². The summed E-state index contributed by atoms with van der Waals surface area (Å²) in [5, 5.41) is 0. The number of anilines is 1. The van der Waals surface area contributed by atoms with Gasteiger partial charge in [-0.15, -0.1) is 11.6 Å². The van der Waals surface area contributed by atoms with E-state index in [4.69, 9.17) is 16.3 Å². The molecule has 0 aliphatic carbocycles. The Labute approximate surface area is 102 Å². The van der Waals surface area contributed by atoms with Crippen LogP contribution in [0, 0.1) is 6.92 Å². The first-order valence-electron chi connectivity index (χ1n) is 5.41. The highest BCUT2D eigenvalue weighted by atomic mass is 35.5. The molecular weight excluding hydrogens is 226 g/mol. The molecule has 0 aliphatic rings. The summed E-state index contributed by atoms with van der Waals surface area (Å²) < 4.78 is 5.18. The van der Waals surface area contributed by atoms with E-state index in [1.807, 2.05) is 6.92 Å². The molecule has 1 aromatic rings. The summed E-state index contributed by atoms with van der Waals surface area (Å²) in [6.45, 7) is 5.82. The van der Waals surface area contributed by atoms with E-state index in [0.717, 1.165) is 30.9 Å². The Hall–Kier alpha value is -1.03. The van der Waals surface area contributed by atoms with Gasteiger partial charge in [-0.2, -0.15) is 0 Å². The Kier molecular flexibility index (Phi) is 5.32. The molecule has 0 unspecified atom stereocenters. The molecular formula is C11H18ClN3O. The Morgan fingerprint density at radius 2 is 2.12 bits per heavy atom. The van der Waals surface area contributed by atoms with Gasteiger partial charge < -0.3 is 9.64 Å². The third-order valence-corrected chi connectivity index (χ3v) is 2.52. The number of aromatic nitrogens is 2. The number of hydrogen-bond donors (Lipinski definition) is 0. The summed E-state index contributed by atoms with van der Waals surface area (Å²) in [7, 11) is 1.62. The summed E-state index contributed by atoms with van der Waals surface area (Å²) in [5.74, 6) is 2.13. The first kappa shape index (κ1) is 13.0. The van der Waals surface area contributed by atoms with Crippen molar-refractivity contribution in [2.75, 3.05) is 31.0 Å². The van der Waals surface area contributed by atoms with E-state index >= 15 is 0 Å². The van der Waals surface area contributed by atoms with Gasteiger partial charge in [0.15, 0.2) is 0 Å². The predicted octanol–water partition coefficient (Wildman–Crippen LogP) is 2.25. The molecule has 0 aromatic carbocycles. The zero-order valence-electron chi connectivity index (χ0n) is 10.0. The molecule has 0 saturated carbocycles. The smallest absolute Gasteiger partial charge is 0.221 e. The number of ether oxygens (including phenoxy) is 1. The van der Waals surface area contributed by atoms with Crippen LogP contribution in [0.3, 0.4) is 0 Å². The van der Waals surface area contributed by atoms with E-state index < -0.39 is 0 Å². The molecule has 0 amide bonds. The second-order valence-electron chi connectivity index (χ2n) is 3.51. The molecule has 1 heterocycles. The molecule has 0 bridgehead atoms. The summed E-state index contributed by atoms with van der Waals surface area (Å²) >= 11 is 5.79. The fourth-order valence-corrected chi connectivity index (χ4v) is 1.85. The molecule has 0 N–H and O–H groups in total. The lowest BCUT2D eigenvalue weighted by molar-refractivity contribution is 0.393. The minimum atomic E-state index is 0.589. The van der Waals surface area contributed by atoms with Crippen LogP contribution in [0.5, 0.6) is 5.88 Å². The van der Waals surface area contributed by atoms with E-state index in [-0.39, 0.29) is 0 Å². The fourth-order valence-electron chi connectivity index (χ4n) is 1.65. The Morgan fingerprint density at radius 1 is 1.38 bits per heavy atom. The van der Waals surface area contributed by atoms with Crippen molar-refractivity contribution in [2.45, 2.75) is 20.3 Å². The average molecular weight is 244 g/mol. The molecule has 16 heavy (non-hydrogen) atoms. The fraction of sp³-hybridized carbons (Fsp3) is 0.636. The number of halogens is 1. The van der Waals surface area contributed by atoms with E-state index in [9.17, 15) is 0 Å². The minimum Gasteiger partial charge on any atom is -0.481 e. The number of rotatable bonds is 6. The summed E-state index contributed by atoms with van der Waals surface area (Å²) in [6.07, 6.45) is 2.58. The lowest BCUT2D eigenvalue weighted by Gasteiger charge is -2.23. The highest BCUT2D eigenvalue weighted by Crippen LogP contribution is 2.23. The molecule has 0 atom stereocenters. The standard InChI is InChI=1S/C11H18ClN3O/c1-4-6-15(7-5-12)10-9(2)11(16-3)14-8-13-10/h8H,4-7H2,1-3H3. The highest BCUT2D eigenvalue weighted by molar-refractivity contribution is 6.18. The molecule has 0 radical (unpaired) electrons. The Morgan fingerprint density at radius 3 is 2.69 bits per heavy atom. The van der Waals surface area contributed by atoms with E-state index in [1.165, 1.54) is 6.33 Å². The maximum atomic E-state index is 5.79. The van der Waals surface area contributed by atoms with Gasteiger partial charge in [0.05, 0.1) is 12.7 Å². The monoisotopic (exact) mass is 243 g/mol. The van der Waals surface area contributed by atoms with Crippen molar-refractivity contribution in [3.05, 3.63) is 11.9 Å². The van der Waals surface area contributed by atoms with E-state index in [1.54, 1.807) is 7.11 Å². The Bertz CT molecular complexity index is 327. The van der Waals surface area contributed by atoms with Crippen molar-refractivity contribution >= 4 is 17.4 Å². The van der Waals surface area contributed by atoms with Crippen molar-refractivity contribution in [1.82, 2.24) is 9.97 Å². The molecule has 0 aliphatic heterocycles. The molecule has 0 fully saturated rings. The first-order valence-corrected chi connectivity index (χ1v) is 5.94. The van der Waals surface area contributed by atoms with Crippen molar-refractivity contribution in [1.29, 1.82) is 0 Å². The SMILES string of the molecule is CCCN(CCCl)c1ncnc(OC)c1C. The highest BCUT2D eigenvalue weighted by Gasteiger charge is 2.13. The number of alkyl halides is 1. The summed E-state index contributed by atoms with van der Waals surface area (Å²) in [6, 6.07) is 0. The van der Waals surface area contributed by atoms with Gasteiger partial charge in [0.2, 0.25) is 5.88 Å². The van der Waals surface area contributed by atoms with Gasteiger partial charge in [-0.1, -0.05) is 6.92 Å². The lowest BCUT2D eigenvalue weighted by Crippen LogP contribution is -2.28. The predicted molar refractivity (Wildman–Crippen MR) is 66.5 cm³/mol. The molecule has 0 spiro atoms. The van der Waals surface area contributed by atoms with Crippen LogP contribution in [0.25, 0.3) is 0 Å². The normalized spacial score (nSPS) is 10.2. The zero-order chi connectivity index (χ0) is 12.0. The van der Waals surface area contributed by atoms with E-state index in [2.05, 4.69) is 21.8 Å². The third-order valence-electron chi connectivity index (χ3n) is 2.35.